The Bertz CT molecular complexity index is 903. The fraction of sp³-hybridized carbons (Fsp3) is 0.318. The van der Waals surface area contributed by atoms with E-state index in [2.05, 4.69) is 32.1 Å². The molecule has 9 heteroatoms. The Hall–Kier alpha value is -2.91. The van der Waals surface area contributed by atoms with E-state index in [0.717, 1.165) is 12.8 Å². The fourth-order valence-electron chi connectivity index (χ4n) is 2.56. The highest BCUT2D eigenvalue weighted by Gasteiger charge is 2.15. The van der Waals surface area contributed by atoms with Gasteiger partial charge in [0.2, 0.25) is 5.91 Å². The maximum Gasteiger partial charge on any atom is 0.273 e. The Morgan fingerprint density at radius 3 is 2.35 bits per heavy atom. The largest absolute Gasteiger partial charge is 0.490 e. The molecule has 0 aromatic heterocycles. The molecule has 0 aliphatic rings. The van der Waals surface area contributed by atoms with Crippen LogP contribution in [0.1, 0.15) is 46.9 Å². The van der Waals surface area contributed by atoms with Gasteiger partial charge in [0.05, 0.1) is 12.2 Å². The summed E-state index contributed by atoms with van der Waals surface area (Å²) in [5.41, 5.74) is 5.96. The van der Waals surface area contributed by atoms with Gasteiger partial charge in [0, 0.05) is 29.3 Å². The predicted molar refractivity (Wildman–Crippen MR) is 121 cm³/mol. The molecule has 31 heavy (non-hydrogen) atoms. The first-order chi connectivity index (χ1) is 14.9. The molecule has 3 amide bonds. The Kier molecular flexibility index (Phi) is 9.99. The van der Waals surface area contributed by atoms with Gasteiger partial charge in [-0.15, -0.1) is 0 Å². The number of nitrogens with one attached hydrogen (secondary N) is 3. The third-order valence-corrected chi connectivity index (χ3v) is 4.70. The maximum atomic E-state index is 12.5. The van der Waals surface area contributed by atoms with Gasteiger partial charge in [0.1, 0.15) is 12.4 Å². The van der Waals surface area contributed by atoms with Crippen LogP contribution >= 0.6 is 15.9 Å². The molecule has 0 aliphatic carbocycles. The summed E-state index contributed by atoms with van der Waals surface area (Å²) in [5, 5.41) is 2.78. The lowest BCUT2D eigenvalue weighted by molar-refractivity contribution is -0.116. The van der Waals surface area contributed by atoms with Crippen LogP contribution in [0.5, 0.6) is 5.75 Å². The Labute approximate surface area is 189 Å². The van der Waals surface area contributed by atoms with Crippen LogP contribution in [0.2, 0.25) is 0 Å². The van der Waals surface area contributed by atoms with Crippen LogP contribution in [0.3, 0.4) is 0 Å². The molecular weight excluding hydrogens is 466 g/mol. The quantitative estimate of drug-likeness (QED) is 0.347. The zero-order valence-corrected chi connectivity index (χ0v) is 19.1. The summed E-state index contributed by atoms with van der Waals surface area (Å²) in [7, 11) is 1.56. The molecule has 0 fully saturated rings. The minimum atomic E-state index is -0.526. The van der Waals surface area contributed by atoms with Gasteiger partial charge in [-0.25, -0.2) is 0 Å². The summed E-state index contributed by atoms with van der Waals surface area (Å²) in [6.45, 7) is 2.68. The van der Waals surface area contributed by atoms with E-state index in [4.69, 9.17) is 9.47 Å². The molecule has 0 saturated heterocycles. The van der Waals surface area contributed by atoms with Gasteiger partial charge < -0.3 is 14.8 Å². The van der Waals surface area contributed by atoms with E-state index < -0.39 is 11.8 Å². The number of rotatable bonds is 10. The summed E-state index contributed by atoms with van der Waals surface area (Å²) in [6, 6.07) is 11.4. The molecule has 0 saturated carbocycles. The second-order valence-corrected chi connectivity index (χ2v) is 7.53. The van der Waals surface area contributed by atoms with Gasteiger partial charge in [-0.1, -0.05) is 29.3 Å². The number of carbonyl (C=O) groups is 3. The number of benzene rings is 2. The van der Waals surface area contributed by atoms with E-state index in [1.165, 1.54) is 0 Å². The van der Waals surface area contributed by atoms with Gasteiger partial charge >= 0.3 is 0 Å². The van der Waals surface area contributed by atoms with Crippen LogP contribution in [0.25, 0.3) is 0 Å². The third kappa shape index (κ3) is 8.03. The number of anilines is 1. The number of unbranched alkanes of at least 4 members (excludes halogenated alkanes) is 1. The van der Waals surface area contributed by atoms with Gasteiger partial charge in [0.15, 0.2) is 0 Å². The Morgan fingerprint density at radius 2 is 1.68 bits per heavy atom. The van der Waals surface area contributed by atoms with Crippen molar-refractivity contribution in [1.29, 1.82) is 0 Å². The van der Waals surface area contributed by atoms with E-state index in [1.807, 2.05) is 6.92 Å². The number of methoxy groups -OCH3 is 1. The minimum absolute atomic E-state index is 0.0659. The lowest BCUT2D eigenvalue weighted by atomic mass is 10.2. The first kappa shape index (κ1) is 24.4. The number of halogens is 1. The topological polar surface area (TPSA) is 106 Å². The lowest BCUT2D eigenvalue weighted by Crippen LogP contribution is -2.41. The molecule has 0 unspecified atom stereocenters. The van der Waals surface area contributed by atoms with Crippen molar-refractivity contribution >= 4 is 39.3 Å². The maximum absolute atomic E-state index is 12.5. The van der Waals surface area contributed by atoms with Crippen LogP contribution in [0.4, 0.5) is 5.69 Å². The van der Waals surface area contributed by atoms with Crippen molar-refractivity contribution < 1.29 is 23.9 Å². The number of carbonyl (C=O) groups excluding carboxylic acids is 3. The first-order valence-corrected chi connectivity index (χ1v) is 10.7. The number of amides is 3. The average Bonchev–Trinajstić information content (AvgIpc) is 2.77. The minimum Gasteiger partial charge on any atom is -0.490 e. The van der Waals surface area contributed by atoms with E-state index in [0.29, 0.717) is 34.5 Å². The molecule has 0 spiro atoms. The van der Waals surface area contributed by atoms with Gasteiger partial charge in [-0.05, 0) is 48.9 Å². The standard InChI is InChI=1S/C22H26BrN3O5/c1-3-4-5-20(27)24-17-9-6-15(7-10-17)21(28)25-26-22(29)18-14-16(23)8-11-19(18)31-13-12-30-2/h6-11,14H,3-5,12-13H2,1-2H3,(H,24,27)(H,25,28)(H,26,29). The van der Waals surface area contributed by atoms with Crippen molar-refractivity contribution in [3.8, 4) is 5.75 Å². The normalized spacial score (nSPS) is 10.3. The molecule has 0 aliphatic heterocycles. The van der Waals surface area contributed by atoms with E-state index in [-0.39, 0.29) is 18.1 Å². The van der Waals surface area contributed by atoms with Crippen LogP contribution in [0.15, 0.2) is 46.9 Å². The van der Waals surface area contributed by atoms with Crippen molar-refractivity contribution in [2.24, 2.45) is 0 Å². The molecular formula is C22H26BrN3O5. The summed E-state index contributed by atoms with van der Waals surface area (Å²) in [6.07, 6.45) is 2.22. The van der Waals surface area contributed by atoms with Crippen LogP contribution in [0, 0.1) is 0 Å². The van der Waals surface area contributed by atoms with E-state index in [1.54, 1.807) is 49.6 Å². The summed E-state index contributed by atoms with van der Waals surface area (Å²) in [5.74, 6) is -0.713. The summed E-state index contributed by atoms with van der Waals surface area (Å²) in [4.78, 5) is 36.7. The number of ether oxygens (including phenoxy) is 2. The highest BCUT2D eigenvalue weighted by molar-refractivity contribution is 9.10. The summed E-state index contributed by atoms with van der Waals surface area (Å²) >= 11 is 3.32. The molecule has 0 bridgehead atoms. The molecule has 8 nitrogen and oxygen atoms in total. The zero-order chi connectivity index (χ0) is 22.6. The van der Waals surface area contributed by atoms with E-state index in [9.17, 15) is 14.4 Å². The molecule has 0 radical (unpaired) electrons. The predicted octanol–water partition coefficient (Wildman–Crippen LogP) is 3.68. The van der Waals surface area contributed by atoms with Crippen molar-refractivity contribution in [1.82, 2.24) is 10.9 Å². The number of hydrazine groups is 1. The third-order valence-electron chi connectivity index (χ3n) is 4.21. The van der Waals surface area contributed by atoms with Crippen molar-refractivity contribution in [3.05, 3.63) is 58.1 Å². The molecule has 2 aromatic carbocycles. The Morgan fingerprint density at radius 1 is 0.968 bits per heavy atom. The smallest absolute Gasteiger partial charge is 0.273 e. The zero-order valence-electron chi connectivity index (χ0n) is 17.5. The van der Waals surface area contributed by atoms with Gasteiger partial charge in [0.25, 0.3) is 11.8 Å². The van der Waals surface area contributed by atoms with Crippen LogP contribution < -0.4 is 20.9 Å². The molecule has 2 aromatic rings. The Balaban J connectivity index is 1.94. The SMILES string of the molecule is CCCCC(=O)Nc1ccc(C(=O)NNC(=O)c2cc(Br)ccc2OCCOC)cc1. The molecule has 166 valence electrons. The van der Waals surface area contributed by atoms with Crippen LogP contribution in [-0.2, 0) is 9.53 Å². The highest BCUT2D eigenvalue weighted by atomic mass is 79.9. The molecule has 0 heterocycles. The second-order valence-electron chi connectivity index (χ2n) is 6.62. The van der Waals surface area contributed by atoms with Crippen molar-refractivity contribution in [2.75, 3.05) is 25.6 Å². The lowest BCUT2D eigenvalue weighted by Gasteiger charge is -2.13. The van der Waals surface area contributed by atoms with Crippen molar-refractivity contribution in [3.63, 3.8) is 0 Å². The van der Waals surface area contributed by atoms with E-state index >= 15 is 0 Å². The molecule has 3 N–H and O–H groups in total. The van der Waals surface area contributed by atoms with Crippen molar-refractivity contribution in [2.45, 2.75) is 26.2 Å². The number of hydrogen-bond acceptors (Lipinski definition) is 5. The van der Waals surface area contributed by atoms with Gasteiger partial charge in [-0.2, -0.15) is 0 Å². The number of hydrogen-bond donors (Lipinski definition) is 3. The molecule has 2 rings (SSSR count). The first-order valence-electron chi connectivity index (χ1n) is 9.86. The van der Waals surface area contributed by atoms with Gasteiger partial charge in [-0.3, -0.25) is 25.2 Å². The molecule has 0 atom stereocenters. The average molecular weight is 492 g/mol. The highest BCUT2D eigenvalue weighted by Crippen LogP contribution is 2.23. The fourth-order valence-corrected chi connectivity index (χ4v) is 2.92. The second kappa shape index (κ2) is 12.7. The van der Waals surface area contributed by atoms with Crippen LogP contribution in [-0.4, -0.2) is 38.0 Å². The summed E-state index contributed by atoms with van der Waals surface area (Å²) < 4.78 is 11.2. The monoisotopic (exact) mass is 491 g/mol.